The normalized spacial score (nSPS) is 15.2. The molecule has 134 valence electrons. The standard InChI is InChI=1S/C17H31NO5/c1-8-10-11-12(3)22-13(9-2)14(15(19)21-7)18-16(20)23-17(4,5)6/h8,12-14H,1,9-11H2,2-7H3,(H,18,20). The average Bonchev–Trinajstić information content (AvgIpc) is 2.45. The molecule has 0 saturated carbocycles. The molecular formula is C17H31NO5. The molecule has 0 rings (SSSR count). The van der Waals surface area contributed by atoms with Gasteiger partial charge < -0.3 is 19.5 Å². The molecular weight excluding hydrogens is 298 g/mol. The smallest absolute Gasteiger partial charge is 0.408 e. The summed E-state index contributed by atoms with van der Waals surface area (Å²) in [6, 6.07) is -0.911. The van der Waals surface area contributed by atoms with Crippen molar-refractivity contribution < 1.29 is 23.8 Å². The zero-order chi connectivity index (χ0) is 18.0. The maximum atomic E-state index is 12.0. The second-order valence-electron chi connectivity index (χ2n) is 6.41. The lowest BCUT2D eigenvalue weighted by molar-refractivity contribution is -0.149. The fourth-order valence-electron chi connectivity index (χ4n) is 1.99. The van der Waals surface area contributed by atoms with Crippen LogP contribution in [0.15, 0.2) is 12.7 Å². The third kappa shape index (κ3) is 9.23. The maximum Gasteiger partial charge on any atom is 0.408 e. The molecule has 3 unspecified atom stereocenters. The summed E-state index contributed by atoms with van der Waals surface area (Å²) < 4.78 is 15.9. The molecule has 0 aliphatic rings. The van der Waals surface area contributed by atoms with Gasteiger partial charge in [-0.05, 0) is 47.0 Å². The summed E-state index contributed by atoms with van der Waals surface area (Å²) in [5.41, 5.74) is -0.648. The lowest BCUT2D eigenvalue weighted by atomic mass is 10.1. The average molecular weight is 329 g/mol. The zero-order valence-electron chi connectivity index (χ0n) is 15.2. The Morgan fingerprint density at radius 3 is 2.35 bits per heavy atom. The molecule has 0 saturated heterocycles. The van der Waals surface area contributed by atoms with E-state index >= 15 is 0 Å². The van der Waals surface area contributed by atoms with Gasteiger partial charge in [-0.3, -0.25) is 0 Å². The molecule has 0 aliphatic heterocycles. The number of ether oxygens (including phenoxy) is 3. The van der Waals surface area contributed by atoms with Gasteiger partial charge in [0.2, 0.25) is 0 Å². The first kappa shape index (κ1) is 21.4. The van der Waals surface area contributed by atoms with E-state index in [4.69, 9.17) is 14.2 Å². The van der Waals surface area contributed by atoms with Crippen LogP contribution in [0.4, 0.5) is 4.79 Å². The fourth-order valence-corrected chi connectivity index (χ4v) is 1.99. The van der Waals surface area contributed by atoms with Crippen LogP contribution in [-0.2, 0) is 19.0 Å². The summed E-state index contributed by atoms with van der Waals surface area (Å²) >= 11 is 0. The first-order valence-electron chi connectivity index (χ1n) is 7.98. The second-order valence-corrected chi connectivity index (χ2v) is 6.41. The molecule has 1 amide bonds. The van der Waals surface area contributed by atoms with Crippen LogP contribution in [0.25, 0.3) is 0 Å². The molecule has 23 heavy (non-hydrogen) atoms. The van der Waals surface area contributed by atoms with Crippen LogP contribution in [0.5, 0.6) is 0 Å². The number of amides is 1. The lowest BCUT2D eigenvalue weighted by Crippen LogP contribution is -2.52. The summed E-state index contributed by atoms with van der Waals surface area (Å²) in [5, 5.41) is 2.56. The highest BCUT2D eigenvalue weighted by atomic mass is 16.6. The van der Waals surface area contributed by atoms with Crippen molar-refractivity contribution in [1.82, 2.24) is 5.32 Å². The third-order valence-electron chi connectivity index (χ3n) is 3.09. The second kappa shape index (κ2) is 10.3. The Balaban J connectivity index is 4.93. The van der Waals surface area contributed by atoms with E-state index in [-0.39, 0.29) is 6.10 Å². The summed E-state index contributed by atoms with van der Waals surface area (Å²) in [4.78, 5) is 24.0. The van der Waals surface area contributed by atoms with Gasteiger partial charge >= 0.3 is 12.1 Å². The van der Waals surface area contributed by atoms with E-state index < -0.39 is 29.8 Å². The minimum absolute atomic E-state index is 0.0643. The molecule has 0 aromatic carbocycles. The van der Waals surface area contributed by atoms with Crippen LogP contribution in [0, 0.1) is 0 Å². The zero-order valence-corrected chi connectivity index (χ0v) is 15.2. The van der Waals surface area contributed by atoms with Gasteiger partial charge in [-0.1, -0.05) is 13.0 Å². The minimum Gasteiger partial charge on any atom is -0.467 e. The predicted octanol–water partition coefficient (Wildman–Crippen LogP) is 3.20. The monoisotopic (exact) mass is 329 g/mol. The molecule has 3 atom stereocenters. The van der Waals surface area contributed by atoms with Gasteiger partial charge in [0.05, 0.1) is 19.3 Å². The van der Waals surface area contributed by atoms with E-state index in [0.29, 0.717) is 6.42 Å². The van der Waals surface area contributed by atoms with Gasteiger partial charge in [0, 0.05) is 0 Å². The molecule has 0 radical (unpaired) electrons. The van der Waals surface area contributed by atoms with Gasteiger partial charge in [0.1, 0.15) is 5.60 Å². The molecule has 0 aromatic heterocycles. The summed E-state index contributed by atoms with van der Waals surface area (Å²) in [6.45, 7) is 12.8. The van der Waals surface area contributed by atoms with Crippen molar-refractivity contribution in [3.63, 3.8) is 0 Å². The van der Waals surface area contributed by atoms with Crippen molar-refractivity contribution in [2.45, 2.75) is 77.7 Å². The largest absolute Gasteiger partial charge is 0.467 e. The molecule has 6 heteroatoms. The fraction of sp³-hybridized carbons (Fsp3) is 0.765. The molecule has 0 spiro atoms. The van der Waals surface area contributed by atoms with Crippen molar-refractivity contribution in [2.75, 3.05) is 7.11 Å². The molecule has 0 fully saturated rings. The molecule has 0 aromatic rings. The molecule has 0 heterocycles. The van der Waals surface area contributed by atoms with E-state index in [9.17, 15) is 9.59 Å². The number of carbonyl (C=O) groups excluding carboxylic acids is 2. The van der Waals surface area contributed by atoms with Gasteiger partial charge in [0.25, 0.3) is 0 Å². The van der Waals surface area contributed by atoms with Crippen molar-refractivity contribution >= 4 is 12.1 Å². The molecule has 1 N–H and O–H groups in total. The number of hydrogen-bond donors (Lipinski definition) is 1. The van der Waals surface area contributed by atoms with E-state index in [1.807, 2.05) is 19.9 Å². The quantitative estimate of drug-likeness (QED) is 0.519. The highest BCUT2D eigenvalue weighted by molar-refractivity contribution is 5.82. The van der Waals surface area contributed by atoms with Crippen molar-refractivity contribution in [1.29, 1.82) is 0 Å². The first-order valence-corrected chi connectivity index (χ1v) is 7.98. The highest BCUT2D eigenvalue weighted by Gasteiger charge is 2.33. The highest BCUT2D eigenvalue weighted by Crippen LogP contribution is 2.14. The number of nitrogens with one attached hydrogen (secondary N) is 1. The number of rotatable bonds is 9. The Bertz CT molecular complexity index is 389. The number of alkyl carbamates (subject to hydrolysis) is 1. The van der Waals surface area contributed by atoms with Crippen LogP contribution in [0.2, 0.25) is 0 Å². The van der Waals surface area contributed by atoms with Crippen molar-refractivity contribution in [3.05, 3.63) is 12.7 Å². The molecule has 6 nitrogen and oxygen atoms in total. The van der Waals surface area contributed by atoms with Gasteiger partial charge in [0.15, 0.2) is 6.04 Å². The number of esters is 1. The predicted molar refractivity (Wildman–Crippen MR) is 89.2 cm³/mol. The Labute approximate surface area is 139 Å². The number of allylic oxidation sites excluding steroid dienone is 1. The van der Waals surface area contributed by atoms with Crippen LogP contribution in [0.1, 0.15) is 53.9 Å². The maximum absolute atomic E-state index is 12.0. The summed E-state index contributed by atoms with van der Waals surface area (Å²) in [7, 11) is 1.28. The molecule has 0 bridgehead atoms. The minimum atomic E-state index is -0.911. The van der Waals surface area contributed by atoms with Crippen molar-refractivity contribution in [2.24, 2.45) is 0 Å². The van der Waals surface area contributed by atoms with Crippen LogP contribution in [0.3, 0.4) is 0 Å². The van der Waals surface area contributed by atoms with Gasteiger partial charge in [-0.25, -0.2) is 9.59 Å². The number of methoxy groups -OCH3 is 1. The Kier molecular flexibility index (Phi) is 9.56. The summed E-state index contributed by atoms with van der Waals surface area (Å²) in [5.74, 6) is -0.557. The van der Waals surface area contributed by atoms with Crippen molar-refractivity contribution in [3.8, 4) is 0 Å². The van der Waals surface area contributed by atoms with Gasteiger partial charge in [-0.15, -0.1) is 6.58 Å². The van der Waals surface area contributed by atoms with E-state index in [2.05, 4.69) is 11.9 Å². The van der Waals surface area contributed by atoms with Crippen LogP contribution in [-0.4, -0.2) is 43.0 Å². The Hall–Kier alpha value is -1.56. The Morgan fingerprint density at radius 1 is 1.30 bits per heavy atom. The topological polar surface area (TPSA) is 73.9 Å². The third-order valence-corrected chi connectivity index (χ3v) is 3.09. The number of hydrogen-bond acceptors (Lipinski definition) is 5. The van der Waals surface area contributed by atoms with Crippen LogP contribution < -0.4 is 5.32 Å². The first-order chi connectivity index (χ1) is 10.6. The SMILES string of the molecule is C=CCCC(C)OC(CC)C(NC(=O)OC(C)(C)C)C(=O)OC. The van der Waals surface area contributed by atoms with Crippen LogP contribution >= 0.6 is 0 Å². The van der Waals surface area contributed by atoms with Gasteiger partial charge in [-0.2, -0.15) is 0 Å². The molecule has 0 aliphatic carbocycles. The number of carbonyl (C=O) groups is 2. The lowest BCUT2D eigenvalue weighted by Gasteiger charge is -2.29. The van der Waals surface area contributed by atoms with E-state index in [1.54, 1.807) is 20.8 Å². The summed E-state index contributed by atoms with van der Waals surface area (Å²) in [6.07, 6.45) is 2.75. The van der Waals surface area contributed by atoms with E-state index in [1.165, 1.54) is 7.11 Å². The van der Waals surface area contributed by atoms with E-state index in [0.717, 1.165) is 12.8 Å². The Morgan fingerprint density at radius 2 is 1.91 bits per heavy atom.